The van der Waals surface area contributed by atoms with Gasteiger partial charge in [-0.1, -0.05) is 18.2 Å². The number of hydrogen-bond donors (Lipinski definition) is 2. The third-order valence-electron chi connectivity index (χ3n) is 3.77. The van der Waals surface area contributed by atoms with Crippen molar-refractivity contribution in [2.45, 2.75) is 32.4 Å². The maximum absolute atomic E-state index is 11.1. The van der Waals surface area contributed by atoms with Crippen LogP contribution in [0.4, 0.5) is 5.69 Å². The third-order valence-corrected chi connectivity index (χ3v) is 3.77. The van der Waals surface area contributed by atoms with E-state index in [1.807, 2.05) is 7.05 Å². The first-order chi connectivity index (χ1) is 9.11. The summed E-state index contributed by atoms with van der Waals surface area (Å²) in [7, 11) is 1.98. The number of nitrogens with zero attached hydrogens (tertiary/aromatic N) is 1. The lowest BCUT2D eigenvalue weighted by Crippen LogP contribution is -2.35. The van der Waals surface area contributed by atoms with E-state index in [1.165, 1.54) is 11.3 Å². The lowest BCUT2D eigenvalue weighted by atomic mass is 10.1. The minimum atomic E-state index is 0.0590. The van der Waals surface area contributed by atoms with Crippen molar-refractivity contribution >= 4 is 11.6 Å². The molecule has 4 heteroatoms. The van der Waals surface area contributed by atoms with Gasteiger partial charge in [0, 0.05) is 37.8 Å². The highest BCUT2D eigenvalue weighted by Gasteiger charge is 2.25. The van der Waals surface area contributed by atoms with E-state index in [4.69, 9.17) is 0 Å². The second kappa shape index (κ2) is 6.06. The van der Waals surface area contributed by atoms with Gasteiger partial charge in [-0.2, -0.15) is 0 Å². The van der Waals surface area contributed by atoms with Crippen LogP contribution in [-0.4, -0.2) is 32.1 Å². The van der Waals surface area contributed by atoms with Crippen LogP contribution in [0.25, 0.3) is 0 Å². The number of nitrogens with one attached hydrogen (secondary N) is 2. The molecular weight excluding hydrogens is 238 g/mol. The minimum absolute atomic E-state index is 0.0590. The summed E-state index contributed by atoms with van der Waals surface area (Å²) >= 11 is 0. The quantitative estimate of drug-likeness (QED) is 0.867. The Morgan fingerprint density at radius 2 is 2.16 bits per heavy atom. The van der Waals surface area contributed by atoms with Gasteiger partial charge in [-0.05, 0) is 32.0 Å². The standard InChI is InChI=1S/C15H23N3O/c1-11(16-3)14-6-4-5-7-15(14)18-9-8-13(10-18)17-12(2)19/h4-7,11,13,16H,8-10H2,1-3H3,(H,17,19). The first kappa shape index (κ1) is 13.9. The van der Waals surface area contributed by atoms with Gasteiger partial charge in [-0.25, -0.2) is 0 Å². The van der Waals surface area contributed by atoms with Crippen LogP contribution in [0.1, 0.15) is 31.9 Å². The van der Waals surface area contributed by atoms with Crippen molar-refractivity contribution in [1.82, 2.24) is 10.6 Å². The minimum Gasteiger partial charge on any atom is -0.369 e. The van der Waals surface area contributed by atoms with Gasteiger partial charge in [0.1, 0.15) is 0 Å². The van der Waals surface area contributed by atoms with Gasteiger partial charge in [0.15, 0.2) is 0 Å². The Bertz CT molecular complexity index is 447. The van der Waals surface area contributed by atoms with Crippen molar-refractivity contribution in [3.63, 3.8) is 0 Å². The summed E-state index contributed by atoms with van der Waals surface area (Å²) in [5, 5.41) is 6.30. The molecule has 0 aromatic heterocycles. The van der Waals surface area contributed by atoms with E-state index in [-0.39, 0.29) is 11.9 Å². The van der Waals surface area contributed by atoms with Crippen LogP contribution in [0.5, 0.6) is 0 Å². The van der Waals surface area contributed by atoms with Gasteiger partial charge < -0.3 is 15.5 Å². The van der Waals surface area contributed by atoms with Crippen molar-refractivity contribution in [2.24, 2.45) is 0 Å². The SMILES string of the molecule is CNC(C)c1ccccc1N1CCC(NC(C)=O)C1. The van der Waals surface area contributed by atoms with E-state index in [1.54, 1.807) is 6.92 Å². The van der Waals surface area contributed by atoms with Crippen LogP contribution in [0.15, 0.2) is 24.3 Å². The summed E-state index contributed by atoms with van der Waals surface area (Å²) in [5.41, 5.74) is 2.59. The number of para-hydroxylation sites is 1. The second-order valence-electron chi connectivity index (χ2n) is 5.20. The second-order valence-corrected chi connectivity index (χ2v) is 5.20. The summed E-state index contributed by atoms with van der Waals surface area (Å²) in [4.78, 5) is 13.5. The van der Waals surface area contributed by atoms with E-state index in [9.17, 15) is 4.79 Å². The first-order valence-electron chi connectivity index (χ1n) is 6.90. The smallest absolute Gasteiger partial charge is 0.217 e. The highest BCUT2D eigenvalue weighted by Crippen LogP contribution is 2.28. The van der Waals surface area contributed by atoms with Crippen LogP contribution in [0.2, 0.25) is 0 Å². The fourth-order valence-corrected chi connectivity index (χ4v) is 2.68. The molecule has 1 amide bonds. The molecule has 2 N–H and O–H groups in total. The lowest BCUT2D eigenvalue weighted by molar-refractivity contribution is -0.119. The zero-order valence-electron chi connectivity index (χ0n) is 11.9. The summed E-state index contributed by atoms with van der Waals surface area (Å²) < 4.78 is 0. The third kappa shape index (κ3) is 3.26. The molecule has 1 heterocycles. The molecule has 0 spiro atoms. The van der Waals surface area contributed by atoms with Gasteiger partial charge in [-0.15, -0.1) is 0 Å². The maximum Gasteiger partial charge on any atom is 0.217 e. The Morgan fingerprint density at radius 3 is 2.84 bits per heavy atom. The Balaban J connectivity index is 2.13. The van der Waals surface area contributed by atoms with E-state index < -0.39 is 0 Å². The number of benzene rings is 1. The number of anilines is 1. The van der Waals surface area contributed by atoms with Gasteiger partial charge in [-0.3, -0.25) is 4.79 Å². The van der Waals surface area contributed by atoms with Crippen LogP contribution >= 0.6 is 0 Å². The van der Waals surface area contributed by atoms with Crippen LogP contribution in [-0.2, 0) is 4.79 Å². The Hall–Kier alpha value is -1.55. The molecule has 19 heavy (non-hydrogen) atoms. The summed E-state index contributed by atoms with van der Waals surface area (Å²) in [6.45, 7) is 5.64. The van der Waals surface area contributed by atoms with Crippen molar-refractivity contribution in [1.29, 1.82) is 0 Å². The predicted molar refractivity (Wildman–Crippen MR) is 78.4 cm³/mol. The average molecular weight is 261 g/mol. The van der Waals surface area contributed by atoms with Crippen LogP contribution in [0.3, 0.4) is 0 Å². The first-order valence-corrected chi connectivity index (χ1v) is 6.90. The molecule has 2 atom stereocenters. The van der Waals surface area contributed by atoms with Crippen molar-refractivity contribution in [2.75, 3.05) is 25.0 Å². The number of rotatable bonds is 4. The molecule has 1 aliphatic rings. The zero-order valence-corrected chi connectivity index (χ0v) is 11.9. The molecule has 1 aromatic carbocycles. The van der Waals surface area contributed by atoms with E-state index in [0.717, 1.165) is 19.5 Å². The predicted octanol–water partition coefficient (Wildman–Crippen LogP) is 1.68. The molecular formula is C15H23N3O. The van der Waals surface area contributed by atoms with Crippen molar-refractivity contribution < 1.29 is 4.79 Å². The highest BCUT2D eigenvalue weighted by molar-refractivity contribution is 5.73. The molecule has 1 aliphatic heterocycles. The summed E-state index contributed by atoms with van der Waals surface area (Å²) in [5.74, 6) is 0.0590. The largest absolute Gasteiger partial charge is 0.369 e. The maximum atomic E-state index is 11.1. The molecule has 1 fully saturated rings. The van der Waals surface area contributed by atoms with E-state index in [0.29, 0.717) is 6.04 Å². The zero-order chi connectivity index (χ0) is 13.8. The summed E-state index contributed by atoms with van der Waals surface area (Å²) in [6.07, 6.45) is 1.02. The Kier molecular flexibility index (Phi) is 4.43. The topological polar surface area (TPSA) is 44.4 Å². The fraction of sp³-hybridized carbons (Fsp3) is 0.533. The number of hydrogen-bond acceptors (Lipinski definition) is 3. The Labute approximate surface area is 115 Å². The van der Waals surface area contributed by atoms with Gasteiger partial charge in [0.2, 0.25) is 5.91 Å². The lowest BCUT2D eigenvalue weighted by Gasteiger charge is -2.24. The molecule has 2 rings (SSSR count). The molecule has 0 aliphatic carbocycles. The van der Waals surface area contributed by atoms with Gasteiger partial charge >= 0.3 is 0 Å². The monoisotopic (exact) mass is 261 g/mol. The summed E-state index contributed by atoms with van der Waals surface area (Å²) in [6, 6.07) is 9.09. The molecule has 0 radical (unpaired) electrons. The normalized spacial score (nSPS) is 20.4. The highest BCUT2D eigenvalue weighted by atomic mass is 16.1. The number of carbonyl (C=O) groups is 1. The van der Waals surface area contributed by atoms with Gasteiger partial charge in [0.25, 0.3) is 0 Å². The molecule has 0 bridgehead atoms. The van der Waals surface area contributed by atoms with E-state index >= 15 is 0 Å². The fourth-order valence-electron chi connectivity index (χ4n) is 2.68. The molecule has 0 saturated carbocycles. The van der Waals surface area contributed by atoms with Crippen LogP contribution < -0.4 is 15.5 Å². The Morgan fingerprint density at radius 1 is 1.42 bits per heavy atom. The molecule has 1 saturated heterocycles. The molecule has 4 nitrogen and oxygen atoms in total. The van der Waals surface area contributed by atoms with Crippen molar-refractivity contribution in [3.05, 3.63) is 29.8 Å². The van der Waals surface area contributed by atoms with Crippen molar-refractivity contribution in [3.8, 4) is 0 Å². The number of amides is 1. The average Bonchev–Trinajstić information content (AvgIpc) is 2.85. The molecule has 1 aromatic rings. The number of carbonyl (C=O) groups excluding carboxylic acids is 1. The van der Waals surface area contributed by atoms with Crippen LogP contribution in [0, 0.1) is 0 Å². The molecule has 104 valence electrons. The molecule has 2 unspecified atom stereocenters. The van der Waals surface area contributed by atoms with Gasteiger partial charge in [0.05, 0.1) is 0 Å². The van der Waals surface area contributed by atoms with E-state index in [2.05, 4.69) is 46.7 Å².